The number of nitrogens with zero attached hydrogens (tertiary/aromatic N) is 2. The van der Waals surface area contributed by atoms with Crippen LogP contribution in [0.15, 0.2) is 0 Å². The van der Waals surface area contributed by atoms with Crippen molar-refractivity contribution in [3.63, 3.8) is 0 Å². The number of primary amides is 1. The van der Waals surface area contributed by atoms with Gasteiger partial charge in [-0.25, -0.2) is 0 Å². The maximum atomic E-state index is 12.6. The second kappa shape index (κ2) is 6.26. The molecule has 21 heavy (non-hydrogen) atoms. The van der Waals surface area contributed by atoms with Gasteiger partial charge in [-0.1, -0.05) is 0 Å². The summed E-state index contributed by atoms with van der Waals surface area (Å²) in [6.07, 6.45) is 0.922. The summed E-state index contributed by atoms with van der Waals surface area (Å²) in [5.41, 5.74) is 5.22. The molecular formula is C11H19N3O6S. The minimum absolute atomic E-state index is 0.0319. The van der Waals surface area contributed by atoms with E-state index in [1.807, 2.05) is 0 Å². The number of rotatable bonds is 4. The van der Waals surface area contributed by atoms with E-state index < -0.39 is 34.0 Å². The molecule has 2 rings (SSSR count). The van der Waals surface area contributed by atoms with Crippen LogP contribution in [-0.2, 0) is 24.5 Å². The van der Waals surface area contributed by atoms with Crippen molar-refractivity contribution in [2.45, 2.75) is 18.9 Å². The number of hydrogen-bond donors (Lipinski definition) is 2. The molecular weight excluding hydrogens is 302 g/mol. The van der Waals surface area contributed by atoms with Gasteiger partial charge in [-0.05, 0) is 12.8 Å². The summed E-state index contributed by atoms with van der Waals surface area (Å²) in [5, 5.41) is 9.04. The Morgan fingerprint density at radius 3 is 2.62 bits per heavy atom. The van der Waals surface area contributed by atoms with Crippen LogP contribution < -0.4 is 5.73 Å². The zero-order valence-electron chi connectivity index (χ0n) is 11.5. The first-order valence-electron chi connectivity index (χ1n) is 6.71. The Balaban J connectivity index is 2.19. The number of piperidine rings is 1. The Morgan fingerprint density at radius 1 is 1.29 bits per heavy atom. The Kier molecular flexibility index (Phi) is 4.81. The highest BCUT2D eigenvalue weighted by Crippen LogP contribution is 2.23. The van der Waals surface area contributed by atoms with Gasteiger partial charge < -0.3 is 15.6 Å². The molecule has 0 radical (unpaired) electrons. The normalized spacial score (nSPS) is 29.1. The van der Waals surface area contributed by atoms with E-state index in [0.29, 0.717) is 12.8 Å². The van der Waals surface area contributed by atoms with Crippen molar-refractivity contribution in [3.8, 4) is 0 Å². The smallest absolute Gasteiger partial charge is 0.307 e. The van der Waals surface area contributed by atoms with Gasteiger partial charge in [0.05, 0.1) is 19.1 Å². The Hall–Kier alpha value is -1.23. The Labute approximate surface area is 122 Å². The van der Waals surface area contributed by atoms with Crippen LogP contribution in [0.5, 0.6) is 0 Å². The summed E-state index contributed by atoms with van der Waals surface area (Å²) in [6, 6.07) is -1.05. The number of aliphatic carboxylic acids is 1. The number of carboxylic acid groups (broad SMARTS) is 1. The first-order chi connectivity index (χ1) is 9.84. The molecule has 2 fully saturated rings. The number of carbonyl (C=O) groups is 2. The molecule has 2 aliphatic rings. The van der Waals surface area contributed by atoms with Gasteiger partial charge in [-0.2, -0.15) is 17.0 Å². The van der Waals surface area contributed by atoms with Crippen molar-refractivity contribution < 1.29 is 27.9 Å². The predicted octanol–water partition coefficient (Wildman–Crippen LogP) is -1.79. The fourth-order valence-corrected chi connectivity index (χ4v) is 4.41. The summed E-state index contributed by atoms with van der Waals surface area (Å²) in [4.78, 5) is 22.4. The zero-order chi connectivity index (χ0) is 15.6. The van der Waals surface area contributed by atoms with E-state index >= 15 is 0 Å². The lowest BCUT2D eigenvalue weighted by Crippen LogP contribution is -2.59. The summed E-state index contributed by atoms with van der Waals surface area (Å²) in [6.45, 7) is 0.295. The van der Waals surface area contributed by atoms with Gasteiger partial charge in [-0.15, -0.1) is 0 Å². The molecule has 2 aliphatic heterocycles. The van der Waals surface area contributed by atoms with Crippen molar-refractivity contribution in [1.29, 1.82) is 0 Å². The van der Waals surface area contributed by atoms with Crippen molar-refractivity contribution in [1.82, 2.24) is 8.61 Å². The lowest BCUT2D eigenvalue weighted by atomic mass is 10.0. The average molecular weight is 321 g/mol. The largest absolute Gasteiger partial charge is 0.481 e. The molecule has 0 aromatic heterocycles. The van der Waals surface area contributed by atoms with Gasteiger partial charge in [0, 0.05) is 19.6 Å². The van der Waals surface area contributed by atoms with Crippen LogP contribution in [0, 0.1) is 5.92 Å². The SMILES string of the molecule is NC(=O)C1COCCN1S(=O)(=O)N1CCCC(C(=O)O)C1. The lowest BCUT2D eigenvalue weighted by molar-refractivity contribution is -0.143. The molecule has 0 spiro atoms. The Morgan fingerprint density at radius 2 is 2.00 bits per heavy atom. The van der Waals surface area contributed by atoms with Gasteiger partial charge in [0.25, 0.3) is 10.2 Å². The highest BCUT2D eigenvalue weighted by Gasteiger charge is 2.42. The third-order valence-corrected chi connectivity index (χ3v) is 5.78. The highest BCUT2D eigenvalue weighted by molar-refractivity contribution is 7.86. The molecule has 2 atom stereocenters. The van der Waals surface area contributed by atoms with Crippen molar-refractivity contribution >= 4 is 22.1 Å². The summed E-state index contributed by atoms with van der Waals surface area (Å²) in [7, 11) is -3.92. The summed E-state index contributed by atoms with van der Waals surface area (Å²) < 4.78 is 32.5. The molecule has 2 heterocycles. The molecule has 0 bridgehead atoms. The first-order valence-corrected chi connectivity index (χ1v) is 8.10. The van der Waals surface area contributed by atoms with Crippen LogP contribution in [0.1, 0.15) is 12.8 Å². The van der Waals surface area contributed by atoms with E-state index in [1.54, 1.807) is 0 Å². The number of hydrogen-bond acceptors (Lipinski definition) is 5. The quantitative estimate of drug-likeness (QED) is 0.629. The van der Waals surface area contributed by atoms with Gasteiger partial charge in [0.1, 0.15) is 6.04 Å². The van der Waals surface area contributed by atoms with Crippen LogP contribution in [0.3, 0.4) is 0 Å². The number of carboxylic acids is 1. The molecule has 3 N–H and O–H groups in total. The molecule has 0 saturated carbocycles. The van der Waals surface area contributed by atoms with Gasteiger partial charge in [0.15, 0.2) is 0 Å². The van der Waals surface area contributed by atoms with Crippen LogP contribution >= 0.6 is 0 Å². The molecule has 2 unspecified atom stereocenters. The molecule has 0 aromatic carbocycles. The maximum absolute atomic E-state index is 12.6. The number of morpholine rings is 1. The van der Waals surface area contributed by atoms with E-state index in [9.17, 15) is 18.0 Å². The monoisotopic (exact) mass is 321 g/mol. The molecule has 0 aliphatic carbocycles. The molecule has 1 amide bonds. The number of amides is 1. The molecule has 2 saturated heterocycles. The number of nitrogens with two attached hydrogens (primary N) is 1. The first kappa shape index (κ1) is 16.1. The van der Waals surface area contributed by atoms with Crippen LogP contribution in [-0.4, -0.2) is 72.9 Å². The lowest BCUT2D eigenvalue weighted by Gasteiger charge is -2.38. The standard InChI is InChI=1S/C11H19N3O6S/c12-10(15)9-7-20-5-4-14(9)21(18,19)13-3-1-2-8(6-13)11(16)17/h8-9H,1-7H2,(H2,12,15)(H,16,17). The van der Waals surface area contributed by atoms with Gasteiger partial charge in [-0.3, -0.25) is 9.59 Å². The minimum atomic E-state index is -3.92. The second-order valence-electron chi connectivity index (χ2n) is 5.15. The minimum Gasteiger partial charge on any atom is -0.481 e. The van der Waals surface area contributed by atoms with Gasteiger partial charge >= 0.3 is 5.97 Å². The van der Waals surface area contributed by atoms with Crippen molar-refractivity contribution in [3.05, 3.63) is 0 Å². The van der Waals surface area contributed by atoms with Crippen LogP contribution in [0.25, 0.3) is 0 Å². The number of ether oxygens (including phenoxy) is 1. The molecule has 120 valence electrons. The van der Waals surface area contributed by atoms with E-state index in [0.717, 1.165) is 8.61 Å². The maximum Gasteiger partial charge on any atom is 0.307 e. The van der Waals surface area contributed by atoms with E-state index in [4.69, 9.17) is 15.6 Å². The van der Waals surface area contributed by atoms with Crippen LogP contribution in [0.4, 0.5) is 0 Å². The second-order valence-corrected chi connectivity index (χ2v) is 7.03. The molecule has 9 nitrogen and oxygen atoms in total. The molecule has 10 heteroatoms. The highest BCUT2D eigenvalue weighted by atomic mass is 32.2. The van der Waals surface area contributed by atoms with Crippen LogP contribution in [0.2, 0.25) is 0 Å². The number of carbonyl (C=O) groups excluding carboxylic acids is 1. The van der Waals surface area contributed by atoms with Crippen molar-refractivity contribution in [2.24, 2.45) is 11.7 Å². The summed E-state index contributed by atoms with van der Waals surface area (Å²) >= 11 is 0. The average Bonchev–Trinajstić information content (AvgIpc) is 2.47. The summed E-state index contributed by atoms with van der Waals surface area (Å²) in [5.74, 6) is -2.50. The van der Waals surface area contributed by atoms with E-state index in [2.05, 4.69) is 0 Å². The fraction of sp³-hybridized carbons (Fsp3) is 0.818. The third kappa shape index (κ3) is 3.34. The van der Waals surface area contributed by atoms with E-state index in [1.165, 1.54) is 0 Å². The van der Waals surface area contributed by atoms with Gasteiger partial charge in [0.2, 0.25) is 5.91 Å². The van der Waals surface area contributed by atoms with Crippen molar-refractivity contribution in [2.75, 3.05) is 32.8 Å². The molecule has 0 aromatic rings. The topological polar surface area (TPSA) is 130 Å². The fourth-order valence-electron chi connectivity index (χ4n) is 2.59. The zero-order valence-corrected chi connectivity index (χ0v) is 12.3. The predicted molar refractivity (Wildman–Crippen MR) is 71.4 cm³/mol. The Bertz CT molecular complexity index is 522. The third-order valence-electron chi connectivity index (χ3n) is 3.76. The van der Waals surface area contributed by atoms with E-state index in [-0.39, 0.29) is 32.8 Å².